The molecule has 1 aliphatic heterocycles. The number of hydrogen-bond donors (Lipinski definition) is 8. The molecule has 420 valence electrons. The number of ether oxygens (including phenoxy) is 2. The van der Waals surface area contributed by atoms with Gasteiger partial charge >= 0.3 is 0 Å². The average molecular weight is 1020 g/mol. The second-order valence-corrected chi connectivity index (χ2v) is 20.7. The van der Waals surface area contributed by atoms with Crippen LogP contribution in [0, 0.1) is 0 Å². The number of aliphatic hydroxyl groups excluding tert-OH is 7. The lowest BCUT2D eigenvalue weighted by molar-refractivity contribution is -0.303. The summed E-state index contributed by atoms with van der Waals surface area (Å²) < 4.78 is 11.1. The summed E-state index contributed by atoms with van der Waals surface area (Å²) in [5.74, 6) is -0.717. The Morgan fingerprint density at radius 3 is 1.35 bits per heavy atom. The highest BCUT2D eigenvalue weighted by Gasteiger charge is 2.44. The van der Waals surface area contributed by atoms with Gasteiger partial charge in [0.25, 0.3) is 0 Å². The Balaban J connectivity index is 2.34. The first-order valence-corrected chi connectivity index (χ1v) is 29.7. The van der Waals surface area contributed by atoms with Crippen LogP contribution in [-0.2, 0) is 14.3 Å². The summed E-state index contributed by atoms with van der Waals surface area (Å²) in [5, 5.41) is 76.1. The highest BCUT2D eigenvalue weighted by Crippen LogP contribution is 2.23. The molecule has 0 aromatic heterocycles. The standard InChI is InChI=1S/C61H111NO10/c1-3-5-7-9-11-13-15-17-19-21-23-24-25-26-27-28-29-30-31-33-34-36-38-40-42-44-46-48-53(64)56(66)52(51-71-61-59(69)58(68)57(67)55(50-63)72-61)62-60(70)54(65)49-47-45-43-41-39-37-35-32-22-20-18-16-14-12-10-8-6-4-2/h12,14,16,18,28-29,33-34,40,42,52-59,61,63-69H,3-11,13,15,17,19-27,30-32,35-39,41,43-51H2,1-2H3,(H,62,70)/b14-12-,18-16-,29-28+,34-33+,42-40+. The molecule has 11 heteroatoms. The third-order valence-corrected chi connectivity index (χ3v) is 14.0. The van der Waals surface area contributed by atoms with Crippen molar-refractivity contribution in [2.45, 2.75) is 306 Å². The average Bonchev–Trinajstić information content (AvgIpc) is 3.38. The van der Waals surface area contributed by atoms with Crippen molar-refractivity contribution >= 4 is 5.91 Å². The van der Waals surface area contributed by atoms with Gasteiger partial charge in [-0.05, 0) is 89.9 Å². The molecular weight excluding hydrogens is 907 g/mol. The molecule has 9 atom stereocenters. The Morgan fingerprint density at radius 1 is 0.486 bits per heavy atom. The number of rotatable bonds is 50. The van der Waals surface area contributed by atoms with Crippen LogP contribution in [0.1, 0.15) is 251 Å². The van der Waals surface area contributed by atoms with Crippen molar-refractivity contribution in [2.24, 2.45) is 0 Å². The molecule has 8 N–H and O–H groups in total. The molecule has 0 aromatic carbocycles. The van der Waals surface area contributed by atoms with Gasteiger partial charge in [-0.25, -0.2) is 0 Å². The third kappa shape index (κ3) is 37.5. The molecule has 0 spiro atoms. The molecule has 1 fully saturated rings. The molecule has 0 saturated carbocycles. The zero-order valence-electron chi connectivity index (χ0n) is 45.9. The van der Waals surface area contributed by atoms with Crippen LogP contribution in [0.5, 0.6) is 0 Å². The van der Waals surface area contributed by atoms with E-state index in [1.165, 1.54) is 148 Å². The zero-order chi connectivity index (χ0) is 52.5. The highest BCUT2D eigenvalue weighted by atomic mass is 16.7. The molecule has 1 rings (SSSR count). The maximum absolute atomic E-state index is 13.2. The van der Waals surface area contributed by atoms with E-state index in [0.29, 0.717) is 19.3 Å². The molecule has 1 saturated heterocycles. The van der Waals surface area contributed by atoms with Gasteiger partial charge in [0.15, 0.2) is 6.29 Å². The molecule has 0 bridgehead atoms. The van der Waals surface area contributed by atoms with Crippen molar-refractivity contribution in [1.82, 2.24) is 5.32 Å². The van der Waals surface area contributed by atoms with Crippen LogP contribution in [0.25, 0.3) is 0 Å². The second kappa shape index (κ2) is 49.7. The van der Waals surface area contributed by atoms with E-state index in [9.17, 15) is 40.5 Å². The van der Waals surface area contributed by atoms with Crippen molar-refractivity contribution in [3.8, 4) is 0 Å². The summed E-state index contributed by atoms with van der Waals surface area (Å²) in [6.07, 6.45) is 52.8. The van der Waals surface area contributed by atoms with Crippen LogP contribution < -0.4 is 5.32 Å². The minimum absolute atomic E-state index is 0.238. The second-order valence-electron chi connectivity index (χ2n) is 20.7. The summed E-state index contributed by atoms with van der Waals surface area (Å²) in [5.41, 5.74) is 0. The van der Waals surface area contributed by atoms with Crippen molar-refractivity contribution in [2.75, 3.05) is 13.2 Å². The van der Waals surface area contributed by atoms with Gasteiger partial charge in [-0.15, -0.1) is 0 Å². The Morgan fingerprint density at radius 2 is 0.875 bits per heavy atom. The van der Waals surface area contributed by atoms with Gasteiger partial charge in [-0.2, -0.15) is 0 Å². The van der Waals surface area contributed by atoms with Crippen LogP contribution in [0.4, 0.5) is 0 Å². The maximum Gasteiger partial charge on any atom is 0.249 e. The molecule has 1 amide bonds. The molecule has 0 aliphatic carbocycles. The van der Waals surface area contributed by atoms with Gasteiger partial charge < -0.3 is 50.5 Å². The Bertz CT molecular complexity index is 1350. The largest absolute Gasteiger partial charge is 0.394 e. The topological polar surface area (TPSA) is 189 Å². The quantitative estimate of drug-likeness (QED) is 0.0165. The molecule has 0 aromatic rings. The van der Waals surface area contributed by atoms with E-state index in [1.54, 1.807) is 0 Å². The number of aliphatic hydroxyl groups is 7. The number of carbonyl (C=O) groups excluding carboxylic acids is 1. The van der Waals surface area contributed by atoms with E-state index in [4.69, 9.17) is 9.47 Å². The van der Waals surface area contributed by atoms with E-state index in [-0.39, 0.29) is 12.8 Å². The highest BCUT2D eigenvalue weighted by molar-refractivity contribution is 5.80. The molecule has 0 radical (unpaired) electrons. The lowest BCUT2D eigenvalue weighted by atomic mass is 9.98. The predicted molar refractivity (Wildman–Crippen MR) is 298 cm³/mol. The van der Waals surface area contributed by atoms with Crippen LogP contribution in [-0.4, -0.2) is 110 Å². The SMILES string of the molecule is CCCCC/C=C\C=C/CCCCCCCCCCCC(O)C(=O)NC(COC1OC(CO)C(O)C(O)C1O)C(O)C(O)CCC/C=C/CC/C=C/CC/C=C/CCCCCCCCCCCCCCCC. The lowest BCUT2D eigenvalue weighted by Gasteiger charge is -2.40. The monoisotopic (exact) mass is 1020 g/mol. The van der Waals surface area contributed by atoms with Gasteiger partial charge in [-0.1, -0.05) is 222 Å². The molecule has 72 heavy (non-hydrogen) atoms. The van der Waals surface area contributed by atoms with Crippen LogP contribution in [0.3, 0.4) is 0 Å². The van der Waals surface area contributed by atoms with Crippen LogP contribution in [0.15, 0.2) is 60.8 Å². The third-order valence-electron chi connectivity index (χ3n) is 14.0. The van der Waals surface area contributed by atoms with Gasteiger partial charge in [-0.3, -0.25) is 4.79 Å². The van der Waals surface area contributed by atoms with E-state index in [2.05, 4.69) is 79.9 Å². The van der Waals surface area contributed by atoms with Gasteiger partial charge in [0, 0.05) is 0 Å². The van der Waals surface area contributed by atoms with E-state index < -0.39 is 74.2 Å². The van der Waals surface area contributed by atoms with Gasteiger partial charge in [0.1, 0.15) is 36.6 Å². The number of allylic oxidation sites excluding steroid dienone is 10. The first kappa shape index (κ1) is 67.8. The molecule has 1 heterocycles. The van der Waals surface area contributed by atoms with E-state index >= 15 is 0 Å². The summed E-state index contributed by atoms with van der Waals surface area (Å²) >= 11 is 0. The molecule has 9 unspecified atom stereocenters. The van der Waals surface area contributed by atoms with Crippen LogP contribution in [0.2, 0.25) is 0 Å². The number of nitrogens with one attached hydrogen (secondary N) is 1. The number of hydrogen-bond acceptors (Lipinski definition) is 10. The Hall–Kier alpha value is -2.19. The lowest BCUT2D eigenvalue weighted by Crippen LogP contribution is -2.60. The van der Waals surface area contributed by atoms with Crippen LogP contribution >= 0.6 is 0 Å². The molecule has 11 nitrogen and oxygen atoms in total. The normalized spacial score (nSPS) is 20.5. The summed E-state index contributed by atoms with van der Waals surface area (Å²) in [6, 6.07) is -1.20. The first-order valence-electron chi connectivity index (χ1n) is 29.7. The fourth-order valence-corrected chi connectivity index (χ4v) is 9.17. The fraction of sp³-hybridized carbons (Fsp3) is 0.820. The Kier molecular flexibility index (Phi) is 46.8. The summed E-state index contributed by atoms with van der Waals surface area (Å²) in [7, 11) is 0. The first-order chi connectivity index (χ1) is 35.2. The van der Waals surface area contributed by atoms with Crippen molar-refractivity contribution in [1.29, 1.82) is 0 Å². The smallest absolute Gasteiger partial charge is 0.249 e. The van der Waals surface area contributed by atoms with E-state index in [1.807, 2.05) is 0 Å². The molecular formula is C61H111NO10. The predicted octanol–water partition coefficient (Wildman–Crippen LogP) is 12.6. The minimum Gasteiger partial charge on any atom is -0.394 e. The van der Waals surface area contributed by atoms with Gasteiger partial charge in [0.2, 0.25) is 5.91 Å². The van der Waals surface area contributed by atoms with Gasteiger partial charge in [0.05, 0.1) is 25.4 Å². The number of amides is 1. The minimum atomic E-state index is -1.68. The maximum atomic E-state index is 13.2. The van der Waals surface area contributed by atoms with E-state index in [0.717, 1.165) is 57.8 Å². The van der Waals surface area contributed by atoms with Crippen molar-refractivity contribution in [3.63, 3.8) is 0 Å². The number of unbranched alkanes of at least 4 members (excludes halogenated alkanes) is 29. The van der Waals surface area contributed by atoms with Crippen molar-refractivity contribution < 1.29 is 50.0 Å². The summed E-state index contributed by atoms with van der Waals surface area (Å²) in [6.45, 7) is 3.42. The zero-order valence-corrected chi connectivity index (χ0v) is 45.9. The molecule has 1 aliphatic rings. The Labute approximate surface area is 440 Å². The number of carbonyl (C=O) groups is 1. The summed E-state index contributed by atoms with van der Waals surface area (Å²) in [4.78, 5) is 13.2. The van der Waals surface area contributed by atoms with Crippen molar-refractivity contribution in [3.05, 3.63) is 60.8 Å². The fourth-order valence-electron chi connectivity index (χ4n) is 9.17.